The molecule has 4 heteroatoms. The number of hydrogen-bond donors (Lipinski definition) is 2. The molecule has 0 saturated heterocycles. The zero-order valence-corrected chi connectivity index (χ0v) is 10.9. The summed E-state index contributed by atoms with van der Waals surface area (Å²) in [4.78, 5) is 5.60. The fourth-order valence-electron chi connectivity index (χ4n) is 1.72. The van der Waals surface area contributed by atoms with E-state index in [1.54, 1.807) is 11.3 Å². The molecule has 2 heterocycles. The summed E-state index contributed by atoms with van der Waals surface area (Å²) < 4.78 is 0. The van der Waals surface area contributed by atoms with E-state index in [1.807, 2.05) is 25.4 Å². The molecule has 1 unspecified atom stereocenters. The van der Waals surface area contributed by atoms with Crippen LogP contribution in [-0.4, -0.2) is 18.1 Å². The average Bonchev–Trinajstić information content (AvgIpc) is 2.82. The molecule has 0 aliphatic heterocycles. The first-order chi connectivity index (χ1) is 8.28. The molecule has 2 aromatic rings. The standard InChI is InChI=1S/C13H17N3S/c1-10(8-12-4-3-7-17-12)16-11-5-6-15-13(9-11)14-2/h3-7,9-10H,8H2,1-2H3,(H2,14,15,16). The van der Waals surface area contributed by atoms with Crippen molar-refractivity contribution in [3.8, 4) is 0 Å². The Kier molecular flexibility index (Phi) is 3.98. The van der Waals surface area contributed by atoms with Gasteiger partial charge in [-0.15, -0.1) is 11.3 Å². The largest absolute Gasteiger partial charge is 0.382 e. The van der Waals surface area contributed by atoms with Gasteiger partial charge in [-0.05, 0) is 24.4 Å². The molecule has 17 heavy (non-hydrogen) atoms. The second kappa shape index (κ2) is 5.68. The Balaban J connectivity index is 1.95. The van der Waals surface area contributed by atoms with Crippen LogP contribution in [0.15, 0.2) is 35.8 Å². The lowest BCUT2D eigenvalue weighted by Crippen LogP contribution is -2.17. The average molecular weight is 247 g/mol. The summed E-state index contributed by atoms with van der Waals surface area (Å²) in [6.07, 6.45) is 2.86. The Bertz CT molecular complexity index is 453. The Hall–Kier alpha value is -1.55. The normalized spacial score (nSPS) is 12.1. The number of hydrogen-bond acceptors (Lipinski definition) is 4. The highest BCUT2D eigenvalue weighted by molar-refractivity contribution is 7.09. The fraction of sp³-hybridized carbons (Fsp3) is 0.308. The lowest BCUT2D eigenvalue weighted by molar-refractivity contribution is 0.800. The van der Waals surface area contributed by atoms with Crippen molar-refractivity contribution in [1.82, 2.24) is 4.98 Å². The van der Waals surface area contributed by atoms with E-state index in [2.05, 4.69) is 40.1 Å². The van der Waals surface area contributed by atoms with Gasteiger partial charge < -0.3 is 10.6 Å². The van der Waals surface area contributed by atoms with Crippen LogP contribution in [-0.2, 0) is 6.42 Å². The third kappa shape index (κ3) is 3.46. The molecular formula is C13H17N3S. The van der Waals surface area contributed by atoms with E-state index in [-0.39, 0.29) is 0 Å². The fourth-order valence-corrected chi connectivity index (χ4v) is 2.56. The number of rotatable bonds is 5. The predicted octanol–water partition coefficient (Wildman–Crippen LogP) is 3.23. The molecule has 0 saturated carbocycles. The van der Waals surface area contributed by atoms with Crippen LogP contribution >= 0.6 is 11.3 Å². The molecule has 0 fully saturated rings. The van der Waals surface area contributed by atoms with Gasteiger partial charge in [0.25, 0.3) is 0 Å². The van der Waals surface area contributed by atoms with Crippen LogP contribution in [0.5, 0.6) is 0 Å². The number of anilines is 2. The number of pyridine rings is 1. The van der Waals surface area contributed by atoms with E-state index in [4.69, 9.17) is 0 Å². The molecule has 90 valence electrons. The van der Waals surface area contributed by atoms with Gasteiger partial charge in [0.15, 0.2) is 0 Å². The van der Waals surface area contributed by atoms with E-state index >= 15 is 0 Å². The molecule has 0 bridgehead atoms. The van der Waals surface area contributed by atoms with Crippen LogP contribution in [0.4, 0.5) is 11.5 Å². The van der Waals surface area contributed by atoms with Crippen molar-refractivity contribution in [2.45, 2.75) is 19.4 Å². The molecule has 0 spiro atoms. The van der Waals surface area contributed by atoms with E-state index in [9.17, 15) is 0 Å². The van der Waals surface area contributed by atoms with E-state index in [1.165, 1.54) is 4.88 Å². The molecule has 0 aromatic carbocycles. The van der Waals surface area contributed by atoms with Crippen molar-refractivity contribution in [2.24, 2.45) is 0 Å². The zero-order chi connectivity index (χ0) is 12.1. The van der Waals surface area contributed by atoms with Crippen LogP contribution < -0.4 is 10.6 Å². The maximum atomic E-state index is 4.19. The lowest BCUT2D eigenvalue weighted by Gasteiger charge is -2.14. The van der Waals surface area contributed by atoms with Gasteiger partial charge in [-0.2, -0.15) is 0 Å². The minimum Gasteiger partial charge on any atom is -0.382 e. The summed E-state index contributed by atoms with van der Waals surface area (Å²) in [5.74, 6) is 0.887. The molecular weight excluding hydrogens is 230 g/mol. The molecule has 0 aliphatic carbocycles. The number of nitrogens with one attached hydrogen (secondary N) is 2. The van der Waals surface area contributed by atoms with Crippen molar-refractivity contribution >= 4 is 22.8 Å². The van der Waals surface area contributed by atoms with Crippen LogP contribution in [0.2, 0.25) is 0 Å². The molecule has 2 N–H and O–H groups in total. The highest BCUT2D eigenvalue weighted by Gasteiger charge is 2.04. The van der Waals surface area contributed by atoms with Crippen molar-refractivity contribution < 1.29 is 0 Å². The summed E-state index contributed by atoms with van der Waals surface area (Å²) in [5.41, 5.74) is 1.11. The number of aromatic nitrogens is 1. The first-order valence-corrected chi connectivity index (χ1v) is 6.58. The van der Waals surface area contributed by atoms with E-state index in [0.29, 0.717) is 6.04 Å². The molecule has 0 aliphatic rings. The third-order valence-electron chi connectivity index (χ3n) is 2.52. The maximum absolute atomic E-state index is 4.19. The first-order valence-electron chi connectivity index (χ1n) is 5.70. The number of nitrogens with zero attached hydrogens (tertiary/aromatic N) is 1. The van der Waals surface area contributed by atoms with Gasteiger partial charge in [0.2, 0.25) is 0 Å². The van der Waals surface area contributed by atoms with Gasteiger partial charge in [-0.25, -0.2) is 4.98 Å². The molecule has 3 nitrogen and oxygen atoms in total. The summed E-state index contributed by atoms with van der Waals surface area (Å²) in [6.45, 7) is 2.19. The van der Waals surface area contributed by atoms with Gasteiger partial charge in [-0.1, -0.05) is 6.07 Å². The SMILES string of the molecule is CNc1cc(NC(C)Cc2cccs2)ccn1. The van der Waals surface area contributed by atoms with Crippen LogP contribution in [0.25, 0.3) is 0 Å². The van der Waals surface area contributed by atoms with E-state index in [0.717, 1.165) is 17.9 Å². The van der Waals surface area contributed by atoms with Crippen molar-refractivity contribution in [1.29, 1.82) is 0 Å². The van der Waals surface area contributed by atoms with Crippen molar-refractivity contribution in [3.63, 3.8) is 0 Å². The van der Waals surface area contributed by atoms with Gasteiger partial charge in [0.1, 0.15) is 5.82 Å². The van der Waals surface area contributed by atoms with Crippen molar-refractivity contribution in [3.05, 3.63) is 40.7 Å². The van der Waals surface area contributed by atoms with Crippen LogP contribution in [0, 0.1) is 0 Å². The van der Waals surface area contributed by atoms with Gasteiger partial charge in [0, 0.05) is 42.3 Å². The molecule has 2 rings (SSSR count). The number of thiophene rings is 1. The minimum atomic E-state index is 0.417. The van der Waals surface area contributed by atoms with Gasteiger partial charge >= 0.3 is 0 Å². The summed E-state index contributed by atoms with van der Waals surface area (Å²) in [5, 5.41) is 8.64. The highest BCUT2D eigenvalue weighted by atomic mass is 32.1. The lowest BCUT2D eigenvalue weighted by atomic mass is 10.2. The summed E-state index contributed by atoms with van der Waals surface area (Å²) in [7, 11) is 1.88. The summed E-state index contributed by atoms with van der Waals surface area (Å²) >= 11 is 1.80. The quantitative estimate of drug-likeness (QED) is 0.851. The summed E-state index contributed by atoms with van der Waals surface area (Å²) in [6, 6.07) is 8.70. The van der Waals surface area contributed by atoms with Crippen molar-refractivity contribution in [2.75, 3.05) is 17.7 Å². The van der Waals surface area contributed by atoms with Gasteiger partial charge in [-0.3, -0.25) is 0 Å². The second-order valence-corrected chi connectivity index (χ2v) is 5.04. The molecule has 2 aromatic heterocycles. The Labute approximate surface area is 106 Å². The maximum Gasteiger partial charge on any atom is 0.127 e. The Morgan fingerprint density at radius 2 is 2.29 bits per heavy atom. The third-order valence-corrected chi connectivity index (χ3v) is 3.42. The first kappa shape index (κ1) is 11.9. The monoisotopic (exact) mass is 247 g/mol. The second-order valence-electron chi connectivity index (χ2n) is 4.01. The molecule has 1 atom stereocenters. The Morgan fingerprint density at radius 1 is 1.41 bits per heavy atom. The van der Waals surface area contributed by atoms with Crippen LogP contribution in [0.1, 0.15) is 11.8 Å². The van der Waals surface area contributed by atoms with Crippen LogP contribution in [0.3, 0.4) is 0 Å². The highest BCUT2D eigenvalue weighted by Crippen LogP contribution is 2.16. The topological polar surface area (TPSA) is 37.0 Å². The van der Waals surface area contributed by atoms with Gasteiger partial charge in [0.05, 0.1) is 0 Å². The Morgan fingerprint density at radius 3 is 3.00 bits per heavy atom. The molecule has 0 amide bonds. The molecule has 0 radical (unpaired) electrons. The zero-order valence-electron chi connectivity index (χ0n) is 10.1. The minimum absolute atomic E-state index is 0.417. The van der Waals surface area contributed by atoms with E-state index < -0.39 is 0 Å². The smallest absolute Gasteiger partial charge is 0.127 e. The predicted molar refractivity (Wildman–Crippen MR) is 74.9 cm³/mol.